The van der Waals surface area contributed by atoms with Crippen molar-refractivity contribution in [3.8, 4) is 0 Å². The number of ether oxygens (including phenoxy) is 2. The van der Waals surface area contributed by atoms with Crippen LogP contribution in [-0.2, 0) is 42.1 Å². The van der Waals surface area contributed by atoms with Crippen LogP contribution in [0.4, 0.5) is 0 Å². The maximum atomic E-state index is 12.3. The van der Waals surface area contributed by atoms with Crippen molar-refractivity contribution in [1.29, 1.82) is 0 Å². The van der Waals surface area contributed by atoms with Crippen molar-refractivity contribution in [2.45, 2.75) is 58.1 Å². The summed E-state index contributed by atoms with van der Waals surface area (Å²) in [5, 5.41) is 0. The summed E-state index contributed by atoms with van der Waals surface area (Å²) < 4.78 is 41.7. The molecule has 0 aliphatic heterocycles. The van der Waals surface area contributed by atoms with E-state index in [9.17, 15) is 18.0 Å². The van der Waals surface area contributed by atoms with Crippen LogP contribution < -0.4 is 0 Å². The van der Waals surface area contributed by atoms with Crippen LogP contribution in [-0.4, -0.2) is 44.1 Å². The van der Waals surface area contributed by atoms with E-state index in [0.717, 1.165) is 11.1 Å². The average Bonchev–Trinajstić information content (AvgIpc) is 2.64. The van der Waals surface area contributed by atoms with E-state index in [1.807, 2.05) is 24.3 Å². The summed E-state index contributed by atoms with van der Waals surface area (Å²) in [6, 6.07) is 7.53. The van der Waals surface area contributed by atoms with Crippen LogP contribution in [0.15, 0.2) is 24.3 Å². The molecule has 0 bridgehead atoms. The summed E-state index contributed by atoms with van der Waals surface area (Å²) in [6.07, 6.45) is 2.39. The number of hydrogen-bond acceptors (Lipinski definition) is 6. The standard InChI is InChI=1S/C20H27BO7S/c1-20(2,13-29(24,25)26)28-19(23)17-9-7-16(8-10-17)18(22)27-12-15-5-3-14(11-21)4-6-15/h3-6,16-17H,7-13H2,1-2H3,(H,24,25,26). The van der Waals surface area contributed by atoms with E-state index in [0.29, 0.717) is 32.0 Å². The lowest BCUT2D eigenvalue weighted by molar-refractivity contribution is -0.163. The van der Waals surface area contributed by atoms with Gasteiger partial charge < -0.3 is 9.47 Å². The molecule has 2 radical (unpaired) electrons. The summed E-state index contributed by atoms with van der Waals surface area (Å²) in [4.78, 5) is 24.6. The first kappa shape index (κ1) is 23.4. The summed E-state index contributed by atoms with van der Waals surface area (Å²) in [7, 11) is 1.30. The highest BCUT2D eigenvalue weighted by Crippen LogP contribution is 2.31. The fraction of sp³-hybridized carbons (Fsp3) is 0.600. The summed E-state index contributed by atoms with van der Waals surface area (Å²) >= 11 is 0. The van der Waals surface area contributed by atoms with E-state index in [1.165, 1.54) is 13.8 Å². The highest BCUT2D eigenvalue weighted by Gasteiger charge is 2.35. The van der Waals surface area contributed by atoms with Crippen molar-refractivity contribution in [3.63, 3.8) is 0 Å². The fourth-order valence-electron chi connectivity index (χ4n) is 3.43. The van der Waals surface area contributed by atoms with Gasteiger partial charge in [0.1, 0.15) is 18.0 Å². The zero-order valence-electron chi connectivity index (χ0n) is 16.8. The molecule has 0 atom stereocenters. The van der Waals surface area contributed by atoms with Gasteiger partial charge in [-0.25, -0.2) is 0 Å². The Kier molecular flexibility index (Phi) is 7.88. The SMILES string of the molecule is [B]Cc1ccc(COC(=O)C2CCC(C(=O)OC(C)(C)CS(=O)(=O)O)CC2)cc1. The zero-order valence-corrected chi connectivity index (χ0v) is 17.6. The van der Waals surface area contributed by atoms with Gasteiger partial charge in [0.15, 0.2) is 0 Å². The third-order valence-corrected chi connectivity index (χ3v) is 6.00. The van der Waals surface area contributed by atoms with Gasteiger partial charge in [-0.15, -0.1) is 0 Å². The van der Waals surface area contributed by atoms with E-state index < -0.39 is 33.4 Å². The Morgan fingerprint density at radius 1 is 1.03 bits per heavy atom. The first-order chi connectivity index (χ1) is 13.5. The Bertz CT molecular complexity index is 810. The Labute approximate surface area is 173 Å². The van der Waals surface area contributed by atoms with Crippen LogP contribution in [0.3, 0.4) is 0 Å². The van der Waals surface area contributed by atoms with Crippen molar-refractivity contribution in [2.75, 3.05) is 5.75 Å². The van der Waals surface area contributed by atoms with Crippen molar-refractivity contribution in [2.24, 2.45) is 11.8 Å². The highest BCUT2D eigenvalue weighted by molar-refractivity contribution is 7.85. The molecule has 0 saturated heterocycles. The quantitative estimate of drug-likeness (QED) is 0.390. The van der Waals surface area contributed by atoms with Crippen molar-refractivity contribution in [1.82, 2.24) is 0 Å². The van der Waals surface area contributed by atoms with Gasteiger partial charge in [-0.1, -0.05) is 36.1 Å². The van der Waals surface area contributed by atoms with Gasteiger partial charge in [-0.05, 0) is 45.1 Å². The summed E-state index contributed by atoms with van der Waals surface area (Å²) in [6.45, 7) is 3.05. The molecule has 7 nitrogen and oxygen atoms in total. The van der Waals surface area contributed by atoms with Crippen LogP contribution in [0.25, 0.3) is 0 Å². The van der Waals surface area contributed by atoms with E-state index >= 15 is 0 Å². The van der Waals surface area contributed by atoms with Gasteiger partial charge in [-0.2, -0.15) is 8.42 Å². The van der Waals surface area contributed by atoms with Crippen LogP contribution >= 0.6 is 0 Å². The molecule has 1 N–H and O–H groups in total. The van der Waals surface area contributed by atoms with E-state index in [-0.39, 0.29) is 18.5 Å². The third-order valence-electron chi connectivity index (χ3n) is 4.94. The number of carbonyl (C=O) groups excluding carboxylic acids is 2. The molecular weight excluding hydrogens is 395 g/mol. The van der Waals surface area contributed by atoms with E-state index in [4.69, 9.17) is 21.9 Å². The first-order valence-electron chi connectivity index (χ1n) is 9.61. The Balaban J connectivity index is 1.78. The van der Waals surface area contributed by atoms with Gasteiger partial charge in [0, 0.05) is 0 Å². The molecule has 0 unspecified atom stereocenters. The van der Waals surface area contributed by atoms with E-state index in [1.54, 1.807) is 0 Å². The van der Waals surface area contributed by atoms with Crippen molar-refractivity contribution >= 4 is 29.9 Å². The molecule has 1 aliphatic rings. The maximum absolute atomic E-state index is 12.3. The molecule has 0 aromatic heterocycles. The van der Waals surface area contributed by atoms with Gasteiger partial charge >= 0.3 is 11.9 Å². The average molecular weight is 422 g/mol. The predicted molar refractivity (Wildman–Crippen MR) is 108 cm³/mol. The highest BCUT2D eigenvalue weighted by atomic mass is 32.2. The number of benzene rings is 1. The molecule has 0 heterocycles. The second-order valence-electron chi connectivity index (χ2n) is 8.08. The number of carbonyl (C=O) groups is 2. The van der Waals surface area contributed by atoms with Gasteiger partial charge in [0.2, 0.25) is 0 Å². The molecule has 1 aliphatic carbocycles. The van der Waals surface area contributed by atoms with Crippen molar-refractivity contribution < 1.29 is 32.0 Å². The van der Waals surface area contributed by atoms with E-state index in [2.05, 4.69) is 0 Å². The molecule has 2 rings (SSSR count). The maximum Gasteiger partial charge on any atom is 0.309 e. The number of rotatable bonds is 8. The largest absolute Gasteiger partial charge is 0.461 e. The van der Waals surface area contributed by atoms with Crippen LogP contribution in [0.2, 0.25) is 0 Å². The number of hydrogen-bond donors (Lipinski definition) is 1. The molecule has 1 fully saturated rings. The normalized spacial score (nSPS) is 20.1. The minimum Gasteiger partial charge on any atom is -0.461 e. The molecule has 158 valence electrons. The van der Waals surface area contributed by atoms with Crippen LogP contribution in [0.5, 0.6) is 0 Å². The Morgan fingerprint density at radius 3 is 2.00 bits per heavy atom. The molecular formula is C20H27BO7S. The van der Waals surface area contributed by atoms with Gasteiger partial charge in [0.05, 0.1) is 19.7 Å². The molecule has 9 heteroatoms. The lowest BCUT2D eigenvalue weighted by Gasteiger charge is -2.30. The van der Waals surface area contributed by atoms with Crippen LogP contribution in [0, 0.1) is 11.8 Å². The lowest BCUT2D eigenvalue weighted by Crippen LogP contribution is -2.39. The lowest BCUT2D eigenvalue weighted by atomic mass is 9.82. The molecule has 1 saturated carbocycles. The molecule has 1 aromatic carbocycles. The first-order valence-corrected chi connectivity index (χ1v) is 11.2. The summed E-state index contributed by atoms with van der Waals surface area (Å²) in [5.41, 5.74) is 0.568. The summed E-state index contributed by atoms with van der Waals surface area (Å²) in [5.74, 6) is -2.13. The minimum absolute atomic E-state index is 0.190. The molecule has 29 heavy (non-hydrogen) atoms. The number of esters is 2. The monoisotopic (exact) mass is 422 g/mol. The third kappa shape index (κ3) is 7.82. The Morgan fingerprint density at radius 2 is 1.52 bits per heavy atom. The minimum atomic E-state index is -4.26. The van der Waals surface area contributed by atoms with Gasteiger partial charge in [-0.3, -0.25) is 14.1 Å². The topological polar surface area (TPSA) is 107 Å². The Hall–Kier alpha value is -1.87. The smallest absolute Gasteiger partial charge is 0.309 e. The molecule has 0 spiro atoms. The van der Waals surface area contributed by atoms with Gasteiger partial charge in [0.25, 0.3) is 10.1 Å². The fourth-order valence-corrected chi connectivity index (χ4v) is 4.37. The molecule has 0 amide bonds. The second-order valence-corrected chi connectivity index (χ2v) is 9.54. The molecule has 1 aromatic rings. The van der Waals surface area contributed by atoms with Crippen molar-refractivity contribution in [3.05, 3.63) is 35.4 Å². The zero-order chi connectivity index (χ0) is 21.7. The van der Waals surface area contributed by atoms with Crippen LogP contribution in [0.1, 0.15) is 50.7 Å². The second kappa shape index (κ2) is 9.76. The predicted octanol–water partition coefficient (Wildman–Crippen LogP) is 2.41.